The van der Waals surface area contributed by atoms with E-state index in [1.54, 1.807) is 78.9 Å². The molecule has 15 aromatic carbocycles. The van der Waals surface area contributed by atoms with E-state index < -0.39 is 166 Å². The van der Waals surface area contributed by atoms with Crippen LogP contribution in [0.2, 0.25) is 0 Å². The number of benzene rings is 15. The van der Waals surface area contributed by atoms with Gasteiger partial charge in [0.05, 0.1) is 54.5 Å². The Balaban J connectivity index is 0.520. The van der Waals surface area contributed by atoms with Gasteiger partial charge in [-0.2, -0.15) is 31.2 Å². The summed E-state index contributed by atoms with van der Waals surface area (Å²) < 4.78 is 320. The van der Waals surface area contributed by atoms with Crippen LogP contribution in [0.5, 0.6) is 17.2 Å². The molecule has 8 nitrogen and oxygen atoms in total. The zero-order valence-electron chi connectivity index (χ0n) is 67.0. The zero-order chi connectivity index (χ0) is 93.2. The quantitative estimate of drug-likeness (QED) is 0.0271. The first-order valence-electron chi connectivity index (χ1n) is 38.3. The highest BCUT2D eigenvalue weighted by atomic mass is 32.2. The van der Waals surface area contributed by atoms with Crippen molar-refractivity contribution in [1.29, 1.82) is 5.26 Å². The number of sulfone groups is 1. The summed E-state index contributed by atoms with van der Waals surface area (Å²) in [5.41, 5.74) is -4.39. The lowest BCUT2D eigenvalue weighted by Gasteiger charge is -2.16. The Labute approximate surface area is 777 Å². The molecule has 0 amide bonds. The molecule has 0 fully saturated rings. The van der Waals surface area contributed by atoms with Gasteiger partial charge < -0.3 is 9.47 Å². The van der Waals surface area contributed by atoms with Gasteiger partial charge in [0.25, 0.3) is 10.1 Å². The molecule has 0 saturated carbocycles. The Morgan fingerprint density at radius 3 is 0.916 bits per heavy atom. The van der Waals surface area contributed by atoms with E-state index in [9.17, 15) is 44.2 Å². The third kappa shape index (κ3) is 20.6. The van der Waals surface area contributed by atoms with Gasteiger partial charge in [0, 0.05) is 78.3 Å². The predicted molar refractivity (Wildman–Crippen MR) is 475 cm³/mol. The molecule has 0 radical (unpaired) electrons. The molecule has 15 aromatic rings. The van der Waals surface area contributed by atoms with Gasteiger partial charge in [0.2, 0.25) is 38.9 Å². The second-order valence-corrected chi connectivity index (χ2v) is 41.4. The van der Waals surface area contributed by atoms with Crippen LogP contribution >= 0.6 is 106 Å². The number of methoxy groups -OCH3 is 1. The monoisotopic (exact) mass is 1990 g/mol. The third-order valence-corrected chi connectivity index (χ3v) is 31.8. The molecule has 35 heteroatoms. The summed E-state index contributed by atoms with van der Waals surface area (Å²) in [7, 11) is -8.67. The van der Waals surface area contributed by atoms with Gasteiger partial charge >= 0.3 is 0 Å². The summed E-state index contributed by atoms with van der Waals surface area (Å²) in [6, 6.07) is 69.6. The SMILES string of the molecule is CCc1cc(CC)cc(-c2cccc(Oc3c(F)c(F)c(-c4c(F)c(F)c(Sc5ccc(Sc6ccc(Sc7ccc(S(=O)(=O)c8ccc(Sc9ccc(Sc%10ccc(Sc%11cccc(Sc%12ccc(Sc%13ccc(Sc%14c(F)c(F)c(-c%15c(F)c(F)c(OC)c(F)c%15F)c(F)c%14F)cc%13)cc%12)c%11C#N)cc%10)cc9)c(S(=O)(=O)O)c8)cc7)cc6)cc5)c(F)c4F)c(F)c3F)c2)c1. The van der Waals surface area contributed by atoms with Gasteiger partial charge in [-0.15, -0.1) is 0 Å². The molecule has 0 aliphatic rings. The number of nitriles is 1. The molecule has 0 aliphatic carbocycles. The first-order chi connectivity index (χ1) is 62.7. The second-order valence-electron chi connectivity index (χ2n) is 28.0. The second kappa shape index (κ2) is 40.4. The highest BCUT2D eigenvalue weighted by Crippen LogP contribution is 2.50. The van der Waals surface area contributed by atoms with E-state index in [1.807, 2.05) is 111 Å². The molecule has 0 heterocycles. The summed E-state index contributed by atoms with van der Waals surface area (Å²) in [5.74, 6) is -39.3. The molecule has 0 aliphatic heterocycles. The molecule has 0 spiro atoms. The number of halogens is 16. The van der Waals surface area contributed by atoms with E-state index in [-0.39, 0.29) is 48.9 Å². The van der Waals surface area contributed by atoms with Crippen molar-refractivity contribution in [3.05, 3.63) is 358 Å². The van der Waals surface area contributed by atoms with E-state index in [4.69, 9.17) is 4.74 Å². The lowest BCUT2D eigenvalue weighted by atomic mass is 9.97. The minimum atomic E-state index is -4.98. The van der Waals surface area contributed by atoms with Crippen LogP contribution in [-0.4, -0.2) is 28.5 Å². The van der Waals surface area contributed by atoms with Crippen LogP contribution in [0.4, 0.5) is 70.2 Å². The first kappa shape index (κ1) is 94.9. The molecule has 0 bridgehead atoms. The van der Waals surface area contributed by atoms with Crippen LogP contribution in [-0.2, 0) is 32.8 Å². The largest absolute Gasteiger partial charge is 0.491 e. The Kier molecular flexibility index (Phi) is 29.3. The zero-order valence-corrected chi connectivity index (χ0v) is 75.9. The fourth-order valence-electron chi connectivity index (χ4n) is 13.1. The van der Waals surface area contributed by atoms with Crippen LogP contribution in [0.1, 0.15) is 30.5 Å². The predicted octanol–water partition coefficient (Wildman–Crippen LogP) is 31.2. The molecule has 0 atom stereocenters. The number of rotatable bonds is 29. The Morgan fingerprint density at radius 1 is 0.305 bits per heavy atom. The summed E-state index contributed by atoms with van der Waals surface area (Å²) >= 11 is 9.51. The van der Waals surface area contributed by atoms with Crippen LogP contribution in [0, 0.1) is 104 Å². The summed E-state index contributed by atoms with van der Waals surface area (Å²) in [5, 5.41) is 10.4. The van der Waals surface area contributed by atoms with Crippen LogP contribution in [0.25, 0.3) is 33.4 Å². The molecular weight excluding hydrogens is 1940 g/mol. The fourth-order valence-corrected chi connectivity index (χ4v) is 23.3. The molecular formula is C96H55F16NO7S11. The Hall–Kier alpha value is -10.7. The maximum absolute atomic E-state index is 15.9. The summed E-state index contributed by atoms with van der Waals surface area (Å²) in [6.45, 7) is 3.92. The van der Waals surface area contributed by atoms with Crippen molar-refractivity contribution in [1.82, 2.24) is 0 Å². The van der Waals surface area contributed by atoms with Crippen molar-refractivity contribution in [2.75, 3.05) is 7.11 Å². The van der Waals surface area contributed by atoms with Crippen molar-refractivity contribution >= 4 is 126 Å². The maximum Gasteiger partial charge on any atom is 0.295 e. The van der Waals surface area contributed by atoms with Crippen LogP contribution in [0.15, 0.2) is 352 Å². The third-order valence-electron chi connectivity index (χ3n) is 19.6. The fraction of sp³-hybridized carbons (Fsp3) is 0.0521. The van der Waals surface area contributed by atoms with E-state index >= 15 is 52.7 Å². The minimum absolute atomic E-state index is 0.0493. The average Bonchev–Trinajstić information content (AvgIpc) is 0.745. The molecule has 0 unspecified atom stereocenters. The molecule has 15 rings (SSSR count). The van der Waals surface area contributed by atoms with Crippen molar-refractivity contribution in [2.24, 2.45) is 0 Å². The van der Waals surface area contributed by atoms with E-state index in [2.05, 4.69) is 10.8 Å². The van der Waals surface area contributed by atoms with Gasteiger partial charge in [0.15, 0.2) is 75.6 Å². The highest BCUT2D eigenvalue weighted by Gasteiger charge is 2.38. The molecule has 664 valence electrons. The van der Waals surface area contributed by atoms with E-state index in [0.717, 1.165) is 68.8 Å². The van der Waals surface area contributed by atoms with Crippen LogP contribution in [0.3, 0.4) is 0 Å². The number of aryl methyl sites for hydroxylation is 2. The number of nitrogens with zero attached hydrogens (tertiary/aromatic N) is 1. The van der Waals surface area contributed by atoms with Crippen LogP contribution < -0.4 is 9.47 Å². The van der Waals surface area contributed by atoms with E-state index in [1.165, 1.54) is 137 Å². The van der Waals surface area contributed by atoms with Crippen molar-refractivity contribution in [2.45, 2.75) is 129 Å². The molecule has 131 heavy (non-hydrogen) atoms. The normalized spacial score (nSPS) is 11.7. The smallest absolute Gasteiger partial charge is 0.295 e. The maximum atomic E-state index is 15.9. The minimum Gasteiger partial charge on any atom is -0.491 e. The van der Waals surface area contributed by atoms with Gasteiger partial charge in [-0.1, -0.05) is 156 Å². The number of ether oxygens (including phenoxy) is 2. The van der Waals surface area contributed by atoms with Gasteiger partial charge in [-0.3, -0.25) is 4.55 Å². The standard InChI is InChI=1S/C96H55F16NO7S11/c1-4-48-42-49(5-2)44-51(43-48)50-8-6-9-52(45-50)120-94-87(107)79(99)74(80(100)88(94)108)76-83(103)91(111)96(92(112)84(76)104)129-64-32-22-58(23-33-64)121-53-12-14-54(15-13-53)124-60-36-38-66(39-37-60)130(114,115)67-40-41-71(72(46-67)131(116,117)118)127-63-30-20-57(21-31-63)122-55-16-26-61(27-17-55)125-69-10-7-11-70(68(69)47-113)126-62-28-18-56(19-29-62)123-59-24-34-65(35-25-59)128-95-89(109)81(101)75(82(102)90(95)110)73-77(97)85(105)93(119-3)86(106)78(73)98/h6-46H,4-5H2,1-3H3,(H,116,117,118). The Bertz CT molecular complexity index is 7140. The Morgan fingerprint density at radius 2 is 0.595 bits per heavy atom. The van der Waals surface area contributed by atoms with Crippen molar-refractivity contribution < 1.29 is 101 Å². The van der Waals surface area contributed by atoms with Gasteiger partial charge in [-0.05, 0) is 247 Å². The lowest BCUT2D eigenvalue weighted by molar-refractivity contribution is 0.333. The van der Waals surface area contributed by atoms with Crippen molar-refractivity contribution in [3.63, 3.8) is 0 Å². The molecule has 1 N–H and O–H groups in total. The average molecular weight is 1990 g/mol. The first-order valence-corrected chi connectivity index (χ1v) is 48.6. The van der Waals surface area contributed by atoms with Gasteiger partial charge in [0.1, 0.15) is 16.7 Å². The lowest BCUT2D eigenvalue weighted by Crippen LogP contribution is -2.09. The molecule has 0 aromatic heterocycles. The number of hydrogen-bond acceptors (Lipinski definition) is 16. The molecule has 0 saturated heterocycles. The summed E-state index contributed by atoms with van der Waals surface area (Å²) in [6.07, 6.45) is 1.40. The van der Waals surface area contributed by atoms with Crippen molar-refractivity contribution in [3.8, 4) is 56.7 Å². The van der Waals surface area contributed by atoms with Gasteiger partial charge in [-0.25, -0.2) is 61.1 Å². The summed E-state index contributed by atoms with van der Waals surface area (Å²) in [4.78, 5) is 5.88. The topological polar surface area (TPSA) is 131 Å². The number of hydrogen-bond donors (Lipinski definition) is 1. The highest BCUT2D eigenvalue weighted by molar-refractivity contribution is 8.02. The van der Waals surface area contributed by atoms with E-state index in [0.29, 0.717) is 60.5 Å².